The molecule has 5 nitrogen and oxygen atoms in total. The zero-order valence-electron chi connectivity index (χ0n) is 14.6. The van der Waals surface area contributed by atoms with E-state index in [1.165, 1.54) is 11.1 Å². The van der Waals surface area contributed by atoms with Gasteiger partial charge in [-0.2, -0.15) is 0 Å². The summed E-state index contributed by atoms with van der Waals surface area (Å²) in [6.07, 6.45) is 12.2. The van der Waals surface area contributed by atoms with Crippen molar-refractivity contribution in [2.24, 2.45) is 11.1 Å². The van der Waals surface area contributed by atoms with Gasteiger partial charge in [-0.1, -0.05) is 53.7 Å². The van der Waals surface area contributed by atoms with Crippen LogP contribution in [0.5, 0.6) is 0 Å². The Morgan fingerprint density at radius 2 is 2.04 bits per heavy atom. The highest BCUT2D eigenvalue weighted by Crippen LogP contribution is 2.32. The van der Waals surface area contributed by atoms with Crippen molar-refractivity contribution < 1.29 is 5.21 Å². The Hall–Kier alpha value is -2.95. The summed E-state index contributed by atoms with van der Waals surface area (Å²) < 4.78 is 0. The monoisotopic (exact) mass is 346 g/mol. The van der Waals surface area contributed by atoms with Crippen LogP contribution in [0.2, 0.25) is 0 Å². The second-order valence-corrected chi connectivity index (χ2v) is 6.73. The van der Waals surface area contributed by atoms with Gasteiger partial charge >= 0.3 is 0 Å². The maximum absolute atomic E-state index is 9.45. The molecule has 1 unspecified atom stereocenters. The summed E-state index contributed by atoms with van der Waals surface area (Å²) in [5, 5.41) is 16.3. The minimum atomic E-state index is 0.307. The summed E-state index contributed by atoms with van der Waals surface area (Å²) in [7, 11) is 0. The van der Waals surface area contributed by atoms with Crippen molar-refractivity contribution >= 4 is 11.7 Å². The summed E-state index contributed by atoms with van der Waals surface area (Å²) in [6, 6.07) is 10.2. The van der Waals surface area contributed by atoms with E-state index < -0.39 is 0 Å². The quantitative estimate of drug-likeness (QED) is 0.646. The lowest BCUT2D eigenvalue weighted by atomic mass is 9.80. The average molecular weight is 346 g/mol. The highest BCUT2D eigenvalue weighted by Gasteiger charge is 2.28. The second-order valence-electron chi connectivity index (χ2n) is 6.73. The van der Waals surface area contributed by atoms with E-state index in [0.717, 1.165) is 36.9 Å². The molecule has 2 N–H and O–H groups in total. The molecular formula is C21H22N4O. The molecule has 132 valence electrons. The number of hydrogen-bond donors (Lipinski definition) is 2. The van der Waals surface area contributed by atoms with Crippen molar-refractivity contribution in [2.75, 3.05) is 5.32 Å². The van der Waals surface area contributed by atoms with Crippen molar-refractivity contribution in [3.63, 3.8) is 0 Å². The van der Waals surface area contributed by atoms with Gasteiger partial charge in [-0.15, -0.1) is 0 Å². The highest BCUT2D eigenvalue weighted by atomic mass is 16.4. The van der Waals surface area contributed by atoms with Gasteiger partial charge in [0.1, 0.15) is 0 Å². The molecular weight excluding hydrogens is 324 g/mol. The predicted octanol–water partition coefficient (Wildman–Crippen LogP) is 4.11. The Kier molecular flexibility index (Phi) is 4.78. The van der Waals surface area contributed by atoms with Gasteiger partial charge in [-0.05, 0) is 36.3 Å². The van der Waals surface area contributed by atoms with E-state index in [1.807, 2.05) is 18.2 Å². The fourth-order valence-electron chi connectivity index (χ4n) is 3.59. The van der Waals surface area contributed by atoms with E-state index >= 15 is 0 Å². The molecule has 0 saturated carbocycles. The van der Waals surface area contributed by atoms with Crippen LogP contribution in [0, 0.1) is 5.92 Å². The number of rotatable bonds is 4. The lowest BCUT2D eigenvalue weighted by Crippen LogP contribution is -2.24. The largest absolute Gasteiger partial charge is 0.411 e. The first-order valence-corrected chi connectivity index (χ1v) is 9.05. The van der Waals surface area contributed by atoms with Gasteiger partial charge in [0.25, 0.3) is 0 Å². The Balaban J connectivity index is 1.55. The van der Waals surface area contributed by atoms with Crippen molar-refractivity contribution in [2.45, 2.75) is 32.2 Å². The number of nitrogens with one attached hydrogen (secondary N) is 1. The van der Waals surface area contributed by atoms with E-state index in [2.05, 4.69) is 45.8 Å². The number of benzene rings is 1. The van der Waals surface area contributed by atoms with E-state index in [0.29, 0.717) is 24.1 Å². The number of allylic oxidation sites excluding steroid dienone is 4. The third-order valence-corrected chi connectivity index (χ3v) is 4.97. The van der Waals surface area contributed by atoms with Crippen LogP contribution in [0.4, 0.5) is 5.95 Å². The highest BCUT2D eigenvalue weighted by molar-refractivity contribution is 6.02. The summed E-state index contributed by atoms with van der Waals surface area (Å²) >= 11 is 0. The molecule has 2 aromatic rings. The number of fused-ring (bicyclic) bond motifs is 1. The van der Waals surface area contributed by atoms with E-state index in [4.69, 9.17) is 4.98 Å². The minimum absolute atomic E-state index is 0.307. The molecule has 0 saturated heterocycles. The fourth-order valence-corrected chi connectivity index (χ4v) is 3.59. The number of hydrogen-bond acceptors (Lipinski definition) is 5. The Labute approximate surface area is 153 Å². The van der Waals surface area contributed by atoms with E-state index in [-0.39, 0.29) is 0 Å². The van der Waals surface area contributed by atoms with Crippen molar-refractivity contribution in [3.8, 4) is 0 Å². The standard InChI is InChI=1S/C21H22N4O/c26-25-20-12-17(16-9-5-2-6-10-16)11-19-18(20)14-23-21(24-19)22-13-15-7-3-1-4-8-15/h1,3-5,7-10,14,17,26H,2,6,11-13H2,(H,22,23,24)/b25-20+. The molecule has 0 radical (unpaired) electrons. The molecule has 0 amide bonds. The van der Waals surface area contributed by atoms with Gasteiger partial charge in [0.15, 0.2) is 0 Å². The third-order valence-electron chi connectivity index (χ3n) is 4.97. The molecule has 1 aromatic heterocycles. The number of nitrogens with zero attached hydrogens (tertiary/aromatic N) is 3. The SMILES string of the molecule is O/N=C1\CC(C2=CCCC=C2)Cc2nc(NCc3ccccc3)ncc21. The zero-order valence-corrected chi connectivity index (χ0v) is 14.6. The Morgan fingerprint density at radius 1 is 1.15 bits per heavy atom. The van der Waals surface area contributed by atoms with Crippen molar-refractivity contribution in [1.29, 1.82) is 0 Å². The van der Waals surface area contributed by atoms with Gasteiger partial charge < -0.3 is 10.5 Å². The summed E-state index contributed by atoms with van der Waals surface area (Å²) in [5.41, 5.74) is 4.97. The van der Waals surface area contributed by atoms with Gasteiger partial charge in [0.05, 0.1) is 11.4 Å². The van der Waals surface area contributed by atoms with Gasteiger partial charge in [-0.3, -0.25) is 0 Å². The first-order valence-electron chi connectivity index (χ1n) is 9.05. The molecule has 1 atom stereocenters. The molecule has 26 heavy (non-hydrogen) atoms. The molecule has 5 heteroatoms. The maximum atomic E-state index is 9.45. The molecule has 1 aromatic carbocycles. The molecule has 2 aliphatic rings. The lowest BCUT2D eigenvalue weighted by molar-refractivity contribution is 0.316. The number of anilines is 1. The molecule has 0 fully saturated rings. The molecule has 2 aliphatic carbocycles. The lowest BCUT2D eigenvalue weighted by Gasteiger charge is -2.26. The summed E-state index contributed by atoms with van der Waals surface area (Å²) in [4.78, 5) is 9.11. The van der Waals surface area contributed by atoms with Gasteiger partial charge in [0.2, 0.25) is 5.95 Å². The molecule has 0 aliphatic heterocycles. The van der Waals surface area contributed by atoms with Crippen LogP contribution in [-0.4, -0.2) is 20.9 Å². The topological polar surface area (TPSA) is 70.4 Å². The van der Waals surface area contributed by atoms with Gasteiger partial charge in [0, 0.05) is 24.7 Å². The minimum Gasteiger partial charge on any atom is -0.411 e. The van der Waals surface area contributed by atoms with Crippen LogP contribution >= 0.6 is 0 Å². The van der Waals surface area contributed by atoms with Crippen LogP contribution < -0.4 is 5.32 Å². The second kappa shape index (κ2) is 7.52. The number of aromatic nitrogens is 2. The normalized spacial score (nSPS) is 20.5. The fraction of sp³-hybridized carbons (Fsp3) is 0.286. The Bertz CT molecular complexity index is 871. The van der Waals surface area contributed by atoms with Crippen LogP contribution in [0.15, 0.2) is 65.5 Å². The van der Waals surface area contributed by atoms with Crippen molar-refractivity contribution in [3.05, 3.63) is 77.2 Å². The van der Waals surface area contributed by atoms with E-state index in [1.54, 1.807) is 6.20 Å². The zero-order chi connectivity index (χ0) is 17.8. The average Bonchev–Trinajstić information content (AvgIpc) is 2.72. The van der Waals surface area contributed by atoms with E-state index in [9.17, 15) is 5.21 Å². The smallest absolute Gasteiger partial charge is 0.223 e. The molecule has 0 spiro atoms. The molecule has 4 rings (SSSR count). The van der Waals surface area contributed by atoms with Crippen LogP contribution in [0.25, 0.3) is 0 Å². The molecule has 1 heterocycles. The van der Waals surface area contributed by atoms with Crippen LogP contribution in [0.3, 0.4) is 0 Å². The van der Waals surface area contributed by atoms with Crippen LogP contribution in [-0.2, 0) is 13.0 Å². The van der Waals surface area contributed by atoms with Gasteiger partial charge in [-0.25, -0.2) is 9.97 Å². The summed E-state index contributed by atoms with van der Waals surface area (Å²) in [5.74, 6) is 0.917. The molecule has 0 bridgehead atoms. The Morgan fingerprint density at radius 3 is 2.81 bits per heavy atom. The summed E-state index contributed by atoms with van der Waals surface area (Å²) in [6.45, 7) is 0.678. The predicted molar refractivity (Wildman–Crippen MR) is 102 cm³/mol. The number of oxime groups is 1. The third kappa shape index (κ3) is 3.52. The van der Waals surface area contributed by atoms with Crippen molar-refractivity contribution in [1.82, 2.24) is 9.97 Å². The van der Waals surface area contributed by atoms with Crippen LogP contribution in [0.1, 0.15) is 36.1 Å². The first kappa shape index (κ1) is 16.5. The first-order chi connectivity index (χ1) is 12.8. The maximum Gasteiger partial charge on any atom is 0.223 e.